The van der Waals surface area contributed by atoms with Crippen LogP contribution in [0.4, 0.5) is 0 Å². The van der Waals surface area contributed by atoms with E-state index >= 15 is 0 Å². The molecule has 5 heteroatoms. The number of carbonyl (C=O) groups is 1. The lowest BCUT2D eigenvalue weighted by molar-refractivity contribution is -0.164. The van der Waals surface area contributed by atoms with Gasteiger partial charge < -0.3 is 14.8 Å². The van der Waals surface area contributed by atoms with Gasteiger partial charge in [0.15, 0.2) is 6.10 Å². The molecule has 0 saturated heterocycles. The van der Waals surface area contributed by atoms with Crippen LogP contribution >= 0.6 is 0 Å². The first-order valence-electron chi connectivity index (χ1n) is 9.77. The molecule has 1 aliphatic rings. The number of methoxy groups -OCH3 is 1. The molecule has 2 heterocycles. The van der Waals surface area contributed by atoms with Gasteiger partial charge in [0.1, 0.15) is 0 Å². The van der Waals surface area contributed by atoms with Crippen LogP contribution in [0.5, 0.6) is 0 Å². The highest BCUT2D eigenvalue weighted by Gasteiger charge is 2.34. The van der Waals surface area contributed by atoms with Gasteiger partial charge in [-0.3, -0.25) is 4.98 Å². The smallest absolute Gasteiger partial charge is 0.339 e. The van der Waals surface area contributed by atoms with Crippen molar-refractivity contribution in [2.75, 3.05) is 13.7 Å². The zero-order chi connectivity index (χ0) is 20.5. The van der Waals surface area contributed by atoms with Crippen LogP contribution in [0, 0.1) is 13.8 Å². The van der Waals surface area contributed by atoms with E-state index in [0.29, 0.717) is 0 Å². The lowest BCUT2D eigenvalue weighted by atomic mass is 9.87. The minimum absolute atomic E-state index is 0.406. The second kappa shape index (κ2) is 8.02. The Kier molecular flexibility index (Phi) is 5.87. The van der Waals surface area contributed by atoms with Crippen LogP contribution in [-0.4, -0.2) is 30.2 Å². The predicted molar refractivity (Wildman–Crippen MR) is 110 cm³/mol. The number of carbonyl (C=O) groups excluding carboxylic acids is 1. The molecule has 1 aromatic carbocycles. The molecule has 0 saturated carbocycles. The summed E-state index contributed by atoms with van der Waals surface area (Å²) in [6.07, 6.45) is 0.0410. The molecule has 1 aromatic heterocycles. The molecule has 1 N–H and O–H groups in total. The van der Waals surface area contributed by atoms with E-state index in [2.05, 4.69) is 36.5 Å². The van der Waals surface area contributed by atoms with E-state index in [9.17, 15) is 4.79 Å². The number of esters is 1. The first kappa shape index (κ1) is 20.5. The summed E-state index contributed by atoms with van der Waals surface area (Å²) in [6, 6.07) is 8.40. The second-order valence-corrected chi connectivity index (χ2v) is 8.34. The van der Waals surface area contributed by atoms with Crippen LogP contribution in [-0.2, 0) is 27.2 Å². The number of aromatic nitrogens is 1. The Labute approximate surface area is 167 Å². The van der Waals surface area contributed by atoms with E-state index in [1.54, 1.807) is 0 Å². The highest BCUT2D eigenvalue weighted by atomic mass is 16.6. The number of hydrogen-bond acceptors (Lipinski definition) is 5. The lowest BCUT2D eigenvalue weighted by Crippen LogP contribution is -2.31. The Bertz CT molecular complexity index is 867. The summed E-state index contributed by atoms with van der Waals surface area (Å²) >= 11 is 0. The summed E-state index contributed by atoms with van der Waals surface area (Å²) in [7, 11) is 1.40. The summed E-state index contributed by atoms with van der Waals surface area (Å²) in [6.45, 7) is 11.5. The maximum atomic E-state index is 12.8. The number of fused-ring (bicyclic) bond motifs is 1. The average molecular weight is 383 g/mol. The van der Waals surface area contributed by atoms with Gasteiger partial charge in [0, 0.05) is 36.5 Å². The summed E-state index contributed by atoms with van der Waals surface area (Å²) in [5.74, 6) is -0.406. The topological polar surface area (TPSA) is 60.5 Å². The van der Waals surface area contributed by atoms with Gasteiger partial charge in [-0.15, -0.1) is 0 Å². The average Bonchev–Trinajstić information content (AvgIpc) is 2.65. The van der Waals surface area contributed by atoms with Crippen molar-refractivity contribution in [3.05, 3.63) is 52.3 Å². The number of rotatable bonds is 4. The molecule has 0 amide bonds. The molecule has 0 bridgehead atoms. The molecule has 2 aromatic rings. The summed E-state index contributed by atoms with van der Waals surface area (Å²) < 4.78 is 11.3. The van der Waals surface area contributed by atoms with Crippen molar-refractivity contribution in [1.82, 2.24) is 10.3 Å². The quantitative estimate of drug-likeness (QED) is 0.809. The van der Waals surface area contributed by atoms with Crippen molar-refractivity contribution < 1.29 is 14.3 Å². The van der Waals surface area contributed by atoms with Gasteiger partial charge in [-0.2, -0.15) is 0 Å². The maximum absolute atomic E-state index is 12.8. The largest absolute Gasteiger partial charge is 0.467 e. The fraction of sp³-hybridized carbons (Fsp3) is 0.478. The molecule has 5 nitrogen and oxygen atoms in total. The summed E-state index contributed by atoms with van der Waals surface area (Å²) in [5, 5.41) is 3.44. The van der Waals surface area contributed by atoms with Crippen molar-refractivity contribution in [1.29, 1.82) is 0 Å². The van der Waals surface area contributed by atoms with E-state index in [-0.39, 0.29) is 0 Å². The molecule has 1 aliphatic heterocycles. The van der Waals surface area contributed by atoms with E-state index in [0.717, 1.165) is 53.2 Å². The van der Waals surface area contributed by atoms with Crippen molar-refractivity contribution >= 4 is 5.97 Å². The number of nitrogens with one attached hydrogen (secondary N) is 1. The van der Waals surface area contributed by atoms with Gasteiger partial charge in [0.05, 0.1) is 12.7 Å². The number of ether oxygens (including phenoxy) is 2. The number of hydrogen-bond donors (Lipinski definition) is 1. The molecule has 150 valence electrons. The Morgan fingerprint density at radius 3 is 2.46 bits per heavy atom. The molecule has 28 heavy (non-hydrogen) atoms. The van der Waals surface area contributed by atoms with Crippen LogP contribution in [0.1, 0.15) is 55.0 Å². The van der Waals surface area contributed by atoms with Crippen LogP contribution in [0.2, 0.25) is 0 Å². The molecule has 1 atom stereocenters. The van der Waals surface area contributed by atoms with E-state index < -0.39 is 17.7 Å². The van der Waals surface area contributed by atoms with Crippen LogP contribution < -0.4 is 5.32 Å². The van der Waals surface area contributed by atoms with Crippen molar-refractivity contribution in [2.24, 2.45) is 0 Å². The van der Waals surface area contributed by atoms with E-state index in [1.807, 2.05) is 27.7 Å². The Balaban J connectivity index is 2.29. The van der Waals surface area contributed by atoms with Crippen LogP contribution in [0.15, 0.2) is 24.3 Å². The molecule has 0 aliphatic carbocycles. The zero-order valence-corrected chi connectivity index (χ0v) is 17.7. The number of nitrogens with zero attached hydrogens (tertiary/aromatic N) is 1. The molecule has 0 radical (unpaired) electrons. The van der Waals surface area contributed by atoms with Crippen LogP contribution in [0.3, 0.4) is 0 Å². The van der Waals surface area contributed by atoms with E-state index in [4.69, 9.17) is 14.5 Å². The van der Waals surface area contributed by atoms with Gasteiger partial charge >= 0.3 is 5.97 Å². The minimum atomic E-state index is -0.832. The van der Waals surface area contributed by atoms with Crippen molar-refractivity contribution in [3.8, 4) is 11.1 Å². The fourth-order valence-corrected chi connectivity index (χ4v) is 3.69. The van der Waals surface area contributed by atoms with E-state index in [1.165, 1.54) is 12.7 Å². The molecule has 1 unspecified atom stereocenters. The summed E-state index contributed by atoms with van der Waals surface area (Å²) in [5.41, 5.74) is 6.63. The standard InChI is InChI=1S/C23H30N2O3/c1-14-7-9-16(10-8-14)20-17-13-24-12-11-18(17)25-15(2)19(20)21(22(26)27-6)28-23(3,4)5/h7-10,21,24H,11-13H2,1-6H3. The molecular weight excluding hydrogens is 352 g/mol. The van der Waals surface area contributed by atoms with Gasteiger partial charge in [0.25, 0.3) is 0 Å². The highest BCUT2D eigenvalue weighted by Crippen LogP contribution is 2.39. The van der Waals surface area contributed by atoms with Crippen molar-refractivity contribution in [2.45, 2.75) is 59.3 Å². The van der Waals surface area contributed by atoms with Gasteiger partial charge in [-0.1, -0.05) is 29.8 Å². The number of pyridine rings is 1. The lowest BCUT2D eigenvalue weighted by Gasteiger charge is -2.31. The first-order valence-corrected chi connectivity index (χ1v) is 9.77. The Morgan fingerprint density at radius 2 is 1.86 bits per heavy atom. The first-order chi connectivity index (χ1) is 13.2. The van der Waals surface area contributed by atoms with Gasteiger partial charge in [-0.25, -0.2) is 4.79 Å². The van der Waals surface area contributed by atoms with Crippen molar-refractivity contribution in [3.63, 3.8) is 0 Å². The monoisotopic (exact) mass is 382 g/mol. The molecular formula is C23H30N2O3. The number of benzene rings is 1. The van der Waals surface area contributed by atoms with Gasteiger partial charge in [-0.05, 0) is 51.3 Å². The molecule has 0 fully saturated rings. The third-order valence-corrected chi connectivity index (χ3v) is 4.94. The second-order valence-electron chi connectivity index (χ2n) is 8.34. The zero-order valence-electron chi connectivity index (χ0n) is 17.7. The minimum Gasteiger partial charge on any atom is -0.467 e. The number of aryl methyl sites for hydroxylation is 2. The fourth-order valence-electron chi connectivity index (χ4n) is 3.69. The molecule has 0 spiro atoms. The maximum Gasteiger partial charge on any atom is 0.339 e. The third kappa shape index (κ3) is 4.26. The Morgan fingerprint density at radius 1 is 1.18 bits per heavy atom. The third-order valence-electron chi connectivity index (χ3n) is 4.94. The van der Waals surface area contributed by atoms with Gasteiger partial charge in [0.2, 0.25) is 0 Å². The van der Waals surface area contributed by atoms with Crippen LogP contribution in [0.25, 0.3) is 11.1 Å². The Hall–Kier alpha value is -2.24. The SMILES string of the molecule is COC(=O)C(OC(C)(C)C)c1c(C)nc2c(c1-c1ccc(C)cc1)CNCC2. The highest BCUT2D eigenvalue weighted by molar-refractivity contribution is 5.83. The summed E-state index contributed by atoms with van der Waals surface area (Å²) in [4.78, 5) is 17.6. The predicted octanol–water partition coefficient (Wildman–Crippen LogP) is 4.04. The normalized spacial score (nSPS) is 15.1. The molecule has 3 rings (SSSR count).